The van der Waals surface area contributed by atoms with Crippen LogP contribution in [0.4, 0.5) is 0 Å². The van der Waals surface area contributed by atoms with Crippen LogP contribution in [0.2, 0.25) is 0 Å². The van der Waals surface area contributed by atoms with Crippen molar-refractivity contribution in [3.63, 3.8) is 0 Å². The van der Waals surface area contributed by atoms with Crippen LogP contribution < -0.4 is 0 Å². The second kappa shape index (κ2) is 15.5. The monoisotopic (exact) mass is 914 g/mol. The zero-order chi connectivity index (χ0) is 45.8. The molecule has 0 radical (unpaired) electrons. The number of aromatic nitrogens is 2. The predicted molar refractivity (Wildman–Crippen MR) is 295 cm³/mol. The first-order chi connectivity index (χ1) is 33.9. The number of hydrogen-bond donors (Lipinski definition) is 0. The largest absolute Gasteiger partial charge is 0.228 e. The molecular weight excluding hydrogens is 873 g/mol. The van der Waals surface area contributed by atoms with Gasteiger partial charge >= 0.3 is 0 Å². The average molecular weight is 915 g/mol. The summed E-state index contributed by atoms with van der Waals surface area (Å²) in [5, 5.41) is 7.68. The summed E-state index contributed by atoms with van der Waals surface area (Å²) in [5.74, 6) is 0.693. The molecule has 14 rings (SSSR count). The zero-order valence-electron chi connectivity index (χ0n) is 38.0. The Morgan fingerprint density at radius 2 is 0.855 bits per heavy atom. The quantitative estimate of drug-likeness (QED) is 0.166. The van der Waals surface area contributed by atoms with Gasteiger partial charge in [0.05, 0.1) is 11.4 Å². The molecule has 4 heteroatoms. The van der Waals surface area contributed by atoms with Crippen LogP contribution in [-0.4, -0.2) is 9.97 Å². The van der Waals surface area contributed by atoms with E-state index in [1.807, 2.05) is 22.7 Å². The lowest BCUT2D eigenvalue weighted by Crippen LogP contribution is -2.14. The number of nitrogens with zero attached hydrogens (tertiary/aromatic N) is 2. The molecule has 0 bridgehead atoms. The summed E-state index contributed by atoms with van der Waals surface area (Å²) in [6.45, 7) is 4.74. The molecule has 0 amide bonds. The molecule has 0 fully saturated rings. The van der Waals surface area contributed by atoms with Crippen LogP contribution >= 0.6 is 22.7 Å². The van der Waals surface area contributed by atoms with E-state index in [2.05, 4.69) is 232 Å². The van der Waals surface area contributed by atoms with E-state index in [4.69, 9.17) is 9.97 Å². The topological polar surface area (TPSA) is 25.8 Å². The molecule has 1 aliphatic rings. The Labute approximate surface area is 408 Å². The molecule has 0 saturated heterocycles. The molecule has 0 atom stereocenters. The van der Waals surface area contributed by atoms with Crippen molar-refractivity contribution in [3.05, 3.63) is 230 Å². The van der Waals surface area contributed by atoms with Gasteiger partial charge in [0.15, 0.2) is 5.82 Å². The fraction of sp³-hybridized carbons (Fsp3) is 0.0462. The van der Waals surface area contributed by atoms with E-state index in [1.165, 1.54) is 90.1 Å². The van der Waals surface area contributed by atoms with Crippen LogP contribution in [0, 0.1) is 0 Å². The van der Waals surface area contributed by atoms with Gasteiger partial charge in [-0.05, 0) is 139 Å². The molecule has 13 aromatic rings. The fourth-order valence-electron chi connectivity index (χ4n) is 11.0. The number of rotatable bonds is 6. The van der Waals surface area contributed by atoms with E-state index in [1.54, 1.807) is 0 Å². The lowest BCUT2D eigenvalue weighted by Gasteiger charge is -2.22. The highest BCUT2D eigenvalue weighted by molar-refractivity contribution is 7.26. The van der Waals surface area contributed by atoms with Crippen molar-refractivity contribution in [3.8, 4) is 78.4 Å². The summed E-state index contributed by atoms with van der Waals surface area (Å²) in [5.41, 5.74) is 17.0. The molecule has 324 valence electrons. The summed E-state index contributed by atoms with van der Waals surface area (Å²) in [6, 6.07) is 80.3. The number of fused-ring (bicyclic) bond motifs is 10. The van der Waals surface area contributed by atoms with Crippen LogP contribution in [0.5, 0.6) is 0 Å². The molecule has 0 unspecified atom stereocenters. The minimum atomic E-state index is -0.160. The first-order valence-corrected chi connectivity index (χ1v) is 25.2. The summed E-state index contributed by atoms with van der Waals surface area (Å²) in [4.78, 5) is 10.9. The van der Waals surface area contributed by atoms with Crippen molar-refractivity contribution in [2.45, 2.75) is 19.3 Å². The van der Waals surface area contributed by atoms with Crippen molar-refractivity contribution < 1.29 is 0 Å². The SMILES string of the molecule is CC1(C)c2cc3ccccc3cc2-c2c(-c3ccccc3-c3cc(-c4cc(-c5ccc6sc7ccccc7c6c5)cc(-c5ccc6sc7ccccc7c6c5)c4)nc(-c4ccccc4)n3)cccc21. The van der Waals surface area contributed by atoms with E-state index < -0.39 is 0 Å². The Morgan fingerprint density at radius 3 is 1.54 bits per heavy atom. The first-order valence-electron chi connectivity index (χ1n) is 23.6. The average Bonchev–Trinajstić information content (AvgIpc) is 4.04. The molecule has 3 aromatic heterocycles. The number of thiophene rings is 2. The Bertz CT molecular complexity index is 4100. The smallest absolute Gasteiger partial charge is 0.160 e. The maximum absolute atomic E-state index is 5.46. The second-order valence-electron chi connectivity index (χ2n) is 18.9. The predicted octanol–water partition coefficient (Wildman–Crippen LogP) is 18.7. The van der Waals surface area contributed by atoms with E-state index >= 15 is 0 Å². The van der Waals surface area contributed by atoms with Gasteiger partial charge in [0.25, 0.3) is 0 Å². The molecule has 0 saturated carbocycles. The number of hydrogen-bond acceptors (Lipinski definition) is 4. The molecule has 3 heterocycles. The Morgan fingerprint density at radius 1 is 0.319 bits per heavy atom. The third-order valence-corrected chi connectivity index (χ3v) is 16.8. The van der Waals surface area contributed by atoms with Crippen molar-refractivity contribution in [1.82, 2.24) is 9.97 Å². The minimum Gasteiger partial charge on any atom is -0.228 e. The fourth-order valence-corrected chi connectivity index (χ4v) is 13.2. The normalized spacial score (nSPS) is 12.9. The van der Waals surface area contributed by atoms with E-state index in [9.17, 15) is 0 Å². The molecule has 2 nitrogen and oxygen atoms in total. The van der Waals surface area contributed by atoms with Gasteiger partial charge in [-0.15, -0.1) is 22.7 Å². The highest BCUT2D eigenvalue weighted by Gasteiger charge is 2.37. The Balaban J connectivity index is 0.990. The Hall–Kier alpha value is -8.02. The highest BCUT2D eigenvalue weighted by atomic mass is 32.1. The molecule has 0 N–H and O–H groups in total. The van der Waals surface area contributed by atoms with Crippen LogP contribution in [-0.2, 0) is 5.41 Å². The van der Waals surface area contributed by atoms with E-state index in [0.717, 1.165) is 44.8 Å². The lowest BCUT2D eigenvalue weighted by atomic mass is 9.81. The molecule has 10 aromatic carbocycles. The molecule has 1 aliphatic carbocycles. The summed E-state index contributed by atoms with van der Waals surface area (Å²) in [7, 11) is 0. The lowest BCUT2D eigenvalue weighted by molar-refractivity contribution is 0.661. The van der Waals surface area contributed by atoms with Gasteiger partial charge in [-0.25, -0.2) is 9.97 Å². The summed E-state index contributed by atoms with van der Waals surface area (Å²) >= 11 is 3.71. The molecule has 0 aliphatic heterocycles. The molecule has 69 heavy (non-hydrogen) atoms. The third kappa shape index (κ3) is 6.51. The van der Waals surface area contributed by atoms with Crippen LogP contribution in [0.3, 0.4) is 0 Å². The van der Waals surface area contributed by atoms with Gasteiger partial charge < -0.3 is 0 Å². The van der Waals surface area contributed by atoms with Crippen LogP contribution in [0.15, 0.2) is 218 Å². The zero-order valence-corrected chi connectivity index (χ0v) is 39.6. The minimum absolute atomic E-state index is 0.160. The van der Waals surface area contributed by atoms with Crippen molar-refractivity contribution in [2.75, 3.05) is 0 Å². The molecular formula is C65H42N2S2. The maximum atomic E-state index is 5.46. The van der Waals surface area contributed by atoms with Crippen molar-refractivity contribution >= 4 is 73.8 Å². The van der Waals surface area contributed by atoms with E-state index in [0.29, 0.717) is 5.82 Å². The first kappa shape index (κ1) is 40.1. The maximum Gasteiger partial charge on any atom is 0.160 e. The number of benzene rings is 10. The van der Waals surface area contributed by atoms with Crippen LogP contribution in [0.25, 0.3) is 130 Å². The summed E-state index contributed by atoms with van der Waals surface area (Å²) < 4.78 is 5.20. The molecule has 0 spiro atoms. The van der Waals surface area contributed by atoms with Gasteiger partial charge in [-0.1, -0.05) is 159 Å². The van der Waals surface area contributed by atoms with Gasteiger partial charge in [0, 0.05) is 62.4 Å². The third-order valence-electron chi connectivity index (χ3n) is 14.5. The van der Waals surface area contributed by atoms with Crippen LogP contribution in [0.1, 0.15) is 25.0 Å². The van der Waals surface area contributed by atoms with Gasteiger partial charge in [-0.2, -0.15) is 0 Å². The van der Waals surface area contributed by atoms with Gasteiger partial charge in [0.2, 0.25) is 0 Å². The highest BCUT2D eigenvalue weighted by Crippen LogP contribution is 2.54. The Kier molecular flexibility index (Phi) is 9.01. The van der Waals surface area contributed by atoms with Crippen molar-refractivity contribution in [1.29, 1.82) is 0 Å². The standard InChI is InChI=1S/C65H42N2S2/c1-65(2)55-24-14-23-51(63(55)54-36-40-17-6-7-18-41(40)37-56(54)65)47-19-8-9-20-48(47)58-38-57(66-64(67-58)39-15-4-3-5-16-39)46-32-44(42-27-29-61-52(34-42)49-21-10-12-25-59(49)68-61)31-45(33-46)43-28-30-62-53(35-43)50-22-11-13-26-60(50)69-62/h3-38H,1-2H3. The van der Waals surface area contributed by atoms with Crippen molar-refractivity contribution in [2.24, 2.45) is 0 Å². The van der Waals surface area contributed by atoms with Gasteiger partial charge in [0.1, 0.15) is 0 Å². The van der Waals surface area contributed by atoms with E-state index in [-0.39, 0.29) is 5.41 Å². The summed E-state index contributed by atoms with van der Waals surface area (Å²) in [6.07, 6.45) is 0. The van der Waals surface area contributed by atoms with Gasteiger partial charge in [-0.3, -0.25) is 0 Å². The second-order valence-corrected chi connectivity index (χ2v) is 21.1.